The fourth-order valence-corrected chi connectivity index (χ4v) is 5.02. The van der Waals surface area contributed by atoms with Gasteiger partial charge in [0.15, 0.2) is 9.84 Å². The van der Waals surface area contributed by atoms with E-state index in [1.165, 1.54) is 6.20 Å². The van der Waals surface area contributed by atoms with Crippen molar-refractivity contribution < 1.29 is 8.42 Å². The Morgan fingerprint density at radius 2 is 1.72 bits per heavy atom. The molecule has 0 bridgehead atoms. The highest BCUT2D eigenvalue weighted by molar-refractivity contribution is 7.91. The van der Waals surface area contributed by atoms with Crippen LogP contribution in [0.1, 0.15) is 16.4 Å². The van der Waals surface area contributed by atoms with Crippen molar-refractivity contribution in [2.75, 3.05) is 0 Å². The molecule has 1 atom stereocenters. The number of hydrogen-bond acceptors (Lipinski definition) is 3. The molecule has 1 unspecified atom stereocenters. The Bertz CT molecular complexity index is 961. The molecule has 128 valence electrons. The summed E-state index contributed by atoms with van der Waals surface area (Å²) in [4.78, 5) is 4.11. The summed E-state index contributed by atoms with van der Waals surface area (Å²) >= 11 is 12.3. The fraction of sp³-hybridized carbons (Fsp3) is 0.105. The standard InChI is InChI=1S/C19H15Cl2NO2S/c20-15-8-9-17(18(21)12-15)19(11-14-5-2-1-3-6-14)25(23,24)16-7-4-10-22-13-16/h1-10,12-13,19H,11H2. The predicted molar refractivity (Wildman–Crippen MR) is 101 cm³/mol. The lowest BCUT2D eigenvalue weighted by molar-refractivity contribution is 0.580. The van der Waals surface area contributed by atoms with Gasteiger partial charge in [-0.2, -0.15) is 0 Å². The van der Waals surface area contributed by atoms with E-state index in [1.807, 2.05) is 30.3 Å². The van der Waals surface area contributed by atoms with Gasteiger partial charge in [0, 0.05) is 22.4 Å². The molecule has 0 aliphatic carbocycles. The molecule has 6 heteroatoms. The van der Waals surface area contributed by atoms with Gasteiger partial charge in [0.25, 0.3) is 0 Å². The highest BCUT2D eigenvalue weighted by Crippen LogP contribution is 2.36. The van der Waals surface area contributed by atoms with Crippen molar-refractivity contribution in [1.29, 1.82) is 0 Å². The van der Waals surface area contributed by atoms with Gasteiger partial charge in [0.05, 0.1) is 10.1 Å². The normalized spacial score (nSPS) is 12.7. The lowest BCUT2D eigenvalue weighted by Crippen LogP contribution is -2.17. The van der Waals surface area contributed by atoms with Gasteiger partial charge in [-0.05, 0) is 41.8 Å². The summed E-state index contributed by atoms with van der Waals surface area (Å²) in [7, 11) is -3.68. The van der Waals surface area contributed by atoms with Crippen molar-refractivity contribution in [3.05, 3.63) is 94.2 Å². The van der Waals surface area contributed by atoms with Crippen LogP contribution in [-0.4, -0.2) is 13.4 Å². The zero-order chi connectivity index (χ0) is 17.9. The van der Waals surface area contributed by atoms with Crippen LogP contribution in [0.15, 0.2) is 78.0 Å². The Balaban J connectivity index is 2.12. The van der Waals surface area contributed by atoms with Crippen molar-refractivity contribution in [1.82, 2.24) is 4.98 Å². The quantitative estimate of drug-likeness (QED) is 0.604. The van der Waals surface area contributed by atoms with Crippen molar-refractivity contribution in [2.24, 2.45) is 0 Å². The second-order valence-corrected chi connectivity index (χ2v) is 8.55. The first-order chi connectivity index (χ1) is 12.0. The van der Waals surface area contributed by atoms with Gasteiger partial charge in [-0.15, -0.1) is 0 Å². The highest BCUT2D eigenvalue weighted by Gasteiger charge is 2.31. The number of hydrogen-bond donors (Lipinski definition) is 0. The predicted octanol–water partition coefficient (Wildman–Crippen LogP) is 5.15. The van der Waals surface area contributed by atoms with E-state index in [2.05, 4.69) is 4.98 Å². The van der Waals surface area contributed by atoms with E-state index in [4.69, 9.17) is 23.2 Å². The third kappa shape index (κ3) is 4.03. The minimum Gasteiger partial charge on any atom is -0.263 e. The van der Waals surface area contributed by atoms with Crippen LogP contribution in [0.5, 0.6) is 0 Å². The van der Waals surface area contributed by atoms with Gasteiger partial charge in [-0.25, -0.2) is 8.42 Å². The summed E-state index contributed by atoms with van der Waals surface area (Å²) in [5.41, 5.74) is 1.43. The molecule has 0 fully saturated rings. The molecule has 0 aliphatic rings. The van der Waals surface area contributed by atoms with E-state index in [-0.39, 0.29) is 4.90 Å². The van der Waals surface area contributed by atoms with E-state index in [1.54, 1.807) is 36.5 Å². The molecule has 25 heavy (non-hydrogen) atoms. The molecule has 2 aromatic carbocycles. The van der Waals surface area contributed by atoms with E-state index in [0.29, 0.717) is 22.0 Å². The number of pyridine rings is 1. The number of rotatable bonds is 5. The average Bonchev–Trinajstić information content (AvgIpc) is 2.62. The number of nitrogens with zero attached hydrogens (tertiary/aromatic N) is 1. The second kappa shape index (κ2) is 7.56. The molecule has 0 amide bonds. The summed E-state index contributed by atoms with van der Waals surface area (Å²) in [5.74, 6) is 0. The van der Waals surface area contributed by atoms with Gasteiger partial charge in [-0.1, -0.05) is 59.6 Å². The maximum Gasteiger partial charge on any atom is 0.187 e. The Labute approximate surface area is 157 Å². The monoisotopic (exact) mass is 391 g/mol. The number of aromatic nitrogens is 1. The van der Waals surface area contributed by atoms with Gasteiger partial charge in [0.2, 0.25) is 0 Å². The largest absolute Gasteiger partial charge is 0.263 e. The first-order valence-electron chi connectivity index (χ1n) is 7.61. The van der Waals surface area contributed by atoms with E-state index in [0.717, 1.165) is 5.56 Å². The number of benzene rings is 2. The Morgan fingerprint density at radius 3 is 2.36 bits per heavy atom. The van der Waals surface area contributed by atoms with Crippen LogP contribution in [-0.2, 0) is 16.3 Å². The van der Waals surface area contributed by atoms with Crippen molar-refractivity contribution in [3.63, 3.8) is 0 Å². The first-order valence-corrected chi connectivity index (χ1v) is 9.91. The Kier molecular flexibility index (Phi) is 5.42. The summed E-state index contributed by atoms with van der Waals surface area (Å²) in [6, 6.07) is 17.5. The Morgan fingerprint density at radius 1 is 0.960 bits per heavy atom. The van der Waals surface area contributed by atoms with Crippen molar-refractivity contribution in [3.8, 4) is 0 Å². The molecule has 3 nitrogen and oxygen atoms in total. The minimum absolute atomic E-state index is 0.168. The van der Waals surface area contributed by atoms with Crippen LogP contribution in [0.2, 0.25) is 10.0 Å². The molecule has 0 spiro atoms. The molecule has 3 rings (SSSR count). The molecule has 1 heterocycles. The molecule has 0 saturated heterocycles. The molecular formula is C19H15Cl2NO2S. The van der Waals surface area contributed by atoms with Gasteiger partial charge in [-0.3, -0.25) is 4.98 Å². The molecule has 3 aromatic rings. The third-order valence-electron chi connectivity index (χ3n) is 3.91. The first kappa shape index (κ1) is 17.9. The molecule has 1 aromatic heterocycles. The second-order valence-electron chi connectivity index (χ2n) is 5.58. The number of sulfone groups is 1. The Hall–Kier alpha value is -1.88. The van der Waals surface area contributed by atoms with E-state index in [9.17, 15) is 8.42 Å². The van der Waals surface area contributed by atoms with Gasteiger partial charge in [0.1, 0.15) is 0 Å². The number of halogens is 2. The lowest BCUT2D eigenvalue weighted by atomic mass is 10.0. The van der Waals surface area contributed by atoms with Gasteiger partial charge >= 0.3 is 0 Å². The minimum atomic E-state index is -3.68. The summed E-state index contributed by atoms with van der Waals surface area (Å²) < 4.78 is 26.5. The zero-order valence-electron chi connectivity index (χ0n) is 13.1. The average molecular weight is 392 g/mol. The lowest BCUT2D eigenvalue weighted by Gasteiger charge is -2.20. The fourth-order valence-electron chi connectivity index (χ4n) is 2.66. The summed E-state index contributed by atoms with van der Waals surface area (Å²) in [6.45, 7) is 0. The van der Waals surface area contributed by atoms with Crippen molar-refractivity contribution in [2.45, 2.75) is 16.6 Å². The van der Waals surface area contributed by atoms with Crippen LogP contribution in [0.3, 0.4) is 0 Å². The smallest absolute Gasteiger partial charge is 0.187 e. The topological polar surface area (TPSA) is 47.0 Å². The third-order valence-corrected chi connectivity index (χ3v) is 6.54. The molecule has 0 aliphatic heterocycles. The maximum absolute atomic E-state index is 13.2. The SMILES string of the molecule is O=S(=O)(c1cccnc1)C(Cc1ccccc1)c1ccc(Cl)cc1Cl. The van der Waals surface area contributed by atoms with Crippen LogP contribution in [0, 0.1) is 0 Å². The zero-order valence-corrected chi connectivity index (χ0v) is 15.5. The van der Waals surface area contributed by atoms with Crippen LogP contribution >= 0.6 is 23.2 Å². The van der Waals surface area contributed by atoms with Crippen LogP contribution in [0.4, 0.5) is 0 Å². The van der Waals surface area contributed by atoms with Crippen LogP contribution < -0.4 is 0 Å². The van der Waals surface area contributed by atoms with Crippen molar-refractivity contribution >= 4 is 33.0 Å². The molecule has 0 N–H and O–H groups in total. The van der Waals surface area contributed by atoms with Gasteiger partial charge < -0.3 is 0 Å². The molecule has 0 radical (unpaired) electrons. The highest BCUT2D eigenvalue weighted by atomic mass is 35.5. The summed E-state index contributed by atoms with van der Waals surface area (Å²) in [5, 5.41) is -0.0317. The summed E-state index contributed by atoms with van der Waals surface area (Å²) in [6.07, 6.45) is 3.21. The maximum atomic E-state index is 13.2. The molecule has 0 saturated carbocycles. The van der Waals surface area contributed by atoms with E-state index >= 15 is 0 Å². The molecular weight excluding hydrogens is 377 g/mol. The van der Waals surface area contributed by atoms with Crippen LogP contribution in [0.25, 0.3) is 0 Å². The van der Waals surface area contributed by atoms with E-state index < -0.39 is 15.1 Å².